The molecular weight excluding hydrogens is 409 g/mol. The van der Waals surface area contributed by atoms with Crippen molar-refractivity contribution < 1.29 is 4.79 Å². The number of nitrogens with one attached hydrogen (secondary N) is 2. The largest absolute Gasteiger partial charge is 0.323 e. The second-order valence-electron chi connectivity index (χ2n) is 6.60. The van der Waals surface area contributed by atoms with Crippen molar-refractivity contribution in [2.75, 3.05) is 11.9 Å². The Hall–Kier alpha value is -2.67. The third kappa shape index (κ3) is 5.44. The van der Waals surface area contributed by atoms with Crippen molar-refractivity contribution in [1.82, 2.24) is 20.1 Å². The van der Waals surface area contributed by atoms with Crippen LogP contribution in [-0.4, -0.2) is 27.2 Å². The van der Waals surface area contributed by atoms with Gasteiger partial charge in [0.1, 0.15) is 0 Å². The first-order valence-electron chi connectivity index (χ1n) is 8.94. The van der Waals surface area contributed by atoms with Crippen LogP contribution >= 0.6 is 24.8 Å². The highest BCUT2D eigenvalue weighted by atomic mass is 35.5. The number of rotatable bonds is 4. The van der Waals surface area contributed by atoms with Crippen LogP contribution < -0.4 is 10.6 Å². The van der Waals surface area contributed by atoms with E-state index in [0.717, 1.165) is 41.9 Å². The predicted molar refractivity (Wildman–Crippen MR) is 120 cm³/mol. The molecule has 2 N–H and O–H groups in total. The van der Waals surface area contributed by atoms with E-state index in [-0.39, 0.29) is 30.7 Å². The van der Waals surface area contributed by atoms with Crippen molar-refractivity contribution >= 4 is 42.5 Å². The Kier molecular flexibility index (Phi) is 7.96. The van der Waals surface area contributed by atoms with E-state index >= 15 is 0 Å². The minimum absolute atomic E-state index is 0. The van der Waals surface area contributed by atoms with E-state index in [2.05, 4.69) is 26.8 Å². The molecule has 2 aromatic heterocycles. The molecule has 0 radical (unpaired) electrons. The van der Waals surface area contributed by atoms with Crippen LogP contribution in [0.1, 0.15) is 16.7 Å². The lowest BCUT2D eigenvalue weighted by molar-refractivity contribution is -0.111. The van der Waals surface area contributed by atoms with E-state index < -0.39 is 0 Å². The summed E-state index contributed by atoms with van der Waals surface area (Å²) in [6, 6.07) is 8.02. The average Bonchev–Trinajstić information content (AvgIpc) is 3.13. The van der Waals surface area contributed by atoms with Crippen molar-refractivity contribution in [2.45, 2.75) is 13.0 Å². The van der Waals surface area contributed by atoms with Crippen LogP contribution in [0.15, 0.2) is 55.1 Å². The number of carbonyl (C=O) groups is 1. The molecule has 1 aliphatic heterocycles. The minimum Gasteiger partial charge on any atom is -0.323 e. The molecule has 1 aromatic carbocycles. The number of benzene rings is 1. The summed E-state index contributed by atoms with van der Waals surface area (Å²) in [5.74, 6) is -0.167. The van der Waals surface area contributed by atoms with Crippen LogP contribution in [0.3, 0.4) is 0 Å². The average molecular weight is 432 g/mol. The molecule has 8 heteroatoms. The quantitative estimate of drug-likeness (QED) is 0.618. The van der Waals surface area contributed by atoms with Crippen LogP contribution in [-0.2, 0) is 24.8 Å². The zero-order valence-electron chi connectivity index (χ0n) is 16.0. The molecule has 4 rings (SSSR count). The molecular formula is C21H23Cl2N5O. The Morgan fingerprint density at radius 1 is 1.21 bits per heavy atom. The van der Waals surface area contributed by atoms with Crippen LogP contribution in [0.5, 0.6) is 0 Å². The fourth-order valence-electron chi connectivity index (χ4n) is 3.27. The van der Waals surface area contributed by atoms with Gasteiger partial charge in [0.15, 0.2) is 0 Å². The zero-order valence-corrected chi connectivity index (χ0v) is 17.6. The Balaban J connectivity index is 0.00000150. The molecule has 0 saturated carbocycles. The van der Waals surface area contributed by atoms with Crippen LogP contribution in [0, 0.1) is 0 Å². The molecule has 0 atom stereocenters. The maximum Gasteiger partial charge on any atom is 0.248 e. The van der Waals surface area contributed by atoms with Gasteiger partial charge in [-0.25, -0.2) is 0 Å². The Labute approximate surface area is 182 Å². The third-order valence-corrected chi connectivity index (χ3v) is 4.64. The molecule has 0 bridgehead atoms. The van der Waals surface area contributed by atoms with Gasteiger partial charge in [0.25, 0.3) is 0 Å². The molecule has 29 heavy (non-hydrogen) atoms. The summed E-state index contributed by atoms with van der Waals surface area (Å²) in [6.45, 7) is 1.85. The SMILES string of the molecule is Cl.Cl.Cn1cc(-c2ccncc2C=CC(=O)Nc2ccc3c(c2)CNCC3)cn1. The number of hydrogen-bond donors (Lipinski definition) is 2. The predicted octanol–water partition coefficient (Wildman–Crippen LogP) is 3.62. The Bertz CT molecular complexity index is 1020. The fraction of sp³-hybridized carbons (Fsp3) is 0.190. The first-order chi connectivity index (χ1) is 13.2. The van der Waals surface area contributed by atoms with Crippen molar-refractivity contribution in [3.8, 4) is 11.1 Å². The molecule has 6 nitrogen and oxygen atoms in total. The summed E-state index contributed by atoms with van der Waals surface area (Å²) in [6.07, 6.45) is 11.6. The van der Waals surface area contributed by atoms with Gasteiger partial charge in [-0.15, -0.1) is 24.8 Å². The Morgan fingerprint density at radius 3 is 2.86 bits per heavy atom. The number of pyridine rings is 1. The molecule has 0 unspecified atom stereocenters. The standard InChI is InChI=1S/C21H21N5O.2ClH/c1-26-14-18(13-24-26)20-7-9-23-11-16(20)3-5-21(27)25-19-4-2-15-6-8-22-12-17(15)10-19;;/h2-5,7,9-11,13-14,22H,6,8,12H2,1H3,(H,25,27);2*1H. The summed E-state index contributed by atoms with van der Waals surface area (Å²) in [7, 11) is 1.88. The highest BCUT2D eigenvalue weighted by molar-refractivity contribution is 6.02. The summed E-state index contributed by atoms with van der Waals surface area (Å²) in [5.41, 5.74) is 6.25. The number of amides is 1. The minimum atomic E-state index is -0.167. The first kappa shape index (κ1) is 22.6. The van der Waals surface area contributed by atoms with Crippen molar-refractivity contribution in [3.05, 3.63) is 71.8 Å². The normalized spacial score (nSPS) is 12.6. The number of aryl methyl sites for hydroxylation is 1. The van der Waals surface area contributed by atoms with Gasteiger partial charge in [0, 0.05) is 55.1 Å². The molecule has 0 aliphatic carbocycles. The van der Waals surface area contributed by atoms with Gasteiger partial charge in [-0.3, -0.25) is 14.5 Å². The second-order valence-corrected chi connectivity index (χ2v) is 6.60. The van der Waals surface area contributed by atoms with Gasteiger partial charge in [-0.05, 0) is 53.9 Å². The summed E-state index contributed by atoms with van der Waals surface area (Å²) >= 11 is 0. The van der Waals surface area contributed by atoms with Gasteiger partial charge in [-0.1, -0.05) is 6.07 Å². The summed E-state index contributed by atoms with van der Waals surface area (Å²) in [4.78, 5) is 16.5. The van der Waals surface area contributed by atoms with Crippen molar-refractivity contribution in [3.63, 3.8) is 0 Å². The second kappa shape index (κ2) is 10.2. The van der Waals surface area contributed by atoms with Crippen LogP contribution in [0.2, 0.25) is 0 Å². The molecule has 3 heterocycles. The lowest BCUT2D eigenvalue weighted by atomic mass is 10.0. The first-order valence-corrected chi connectivity index (χ1v) is 8.94. The molecule has 152 valence electrons. The number of aromatic nitrogens is 3. The van der Waals surface area contributed by atoms with Crippen molar-refractivity contribution in [2.24, 2.45) is 7.05 Å². The third-order valence-electron chi connectivity index (χ3n) is 4.64. The highest BCUT2D eigenvalue weighted by Gasteiger charge is 2.10. The number of hydrogen-bond acceptors (Lipinski definition) is 4. The zero-order chi connectivity index (χ0) is 18.6. The summed E-state index contributed by atoms with van der Waals surface area (Å²) in [5, 5.41) is 10.5. The lowest BCUT2D eigenvalue weighted by Crippen LogP contribution is -2.23. The number of fused-ring (bicyclic) bond motifs is 1. The highest BCUT2D eigenvalue weighted by Crippen LogP contribution is 2.23. The topological polar surface area (TPSA) is 71.8 Å². The molecule has 0 fully saturated rings. The molecule has 0 saturated heterocycles. The maximum atomic E-state index is 12.4. The van der Waals surface area contributed by atoms with Crippen molar-refractivity contribution in [1.29, 1.82) is 0 Å². The van der Waals surface area contributed by atoms with Gasteiger partial charge in [-0.2, -0.15) is 5.10 Å². The van der Waals surface area contributed by atoms with Gasteiger partial charge < -0.3 is 10.6 Å². The molecule has 3 aromatic rings. The Morgan fingerprint density at radius 2 is 2.07 bits per heavy atom. The van der Waals surface area contributed by atoms with E-state index in [1.807, 2.05) is 31.4 Å². The van der Waals surface area contributed by atoms with Gasteiger partial charge in [0.05, 0.1) is 6.20 Å². The van der Waals surface area contributed by atoms with Gasteiger partial charge in [0.2, 0.25) is 5.91 Å². The number of anilines is 1. The number of nitrogens with zero attached hydrogens (tertiary/aromatic N) is 3. The van der Waals surface area contributed by atoms with Crippen LogP contribution in [0.25, 0.3) is 17.2 Å². The van der Waals surface area contributed by atoms with Gasteiger partial charge >= 0.3 is 0 Å². The fourth-order valence-corrected chi connectivity index (χ4v) is 3.27. The lowest BCUT2D eigenvalue weighted by Gasteiger charge is -2.17. The monoisotopic (exact) mass is 431 g/mol. The van der Waals surface area contributed by atoms with Crippen LogP contribution in [0.4, 0.5) is 5.69 Å². The van der Waals surface area contributed by atoms with E-state index in [4.69, 9.17) is 0 Å². The smallest absolute Gasteiger partial charge is 0.248 e. The summed E-state index contributed by atoms with van der Waals surface area (Å²) < 4.78 is 1.75. The van der Waals surface area contributed by atoms with E-state index in [1.54, 1.807) is 29.3 Å². The number of carbonyl (C=O) groups excluding carboxylic acids is 1. The van der Waals surface area contributed by atoms with E-state index in [0.29, 0.717) is 0 Å². The van der Waals surface area contributed by atoms with E-state index in [1.165, 1.54) is 17.2 Å². The maximum absolute atomic E-state index is 12.4. The molecule has 1 amide bonds. The molecule has 0 spiro atoms. The molecule has 1 aliphatic rings. The number of halogens is 2. The van der Waals surface area contributed by atoms with E-state index in [9.17, 15) is 4.79 Å².